The molecule has 1 aliphatic rings. The Bertz CT molecular complexity index is 1160. The first-order chi connectivity index (χ1) is 16.2. The number of methoxy groups -OCH3 is 1. The first-order valence-electron chi connectivity index (χ1n) is 11.1. The molecule has 8 nitrogen and oxygen atoms in total. The number of nitrogen functional groups attached to an aromatic ring is 1. The van der Waals surface area contributed by atoms with Crippen LogP contribution < -0.4 is 20.7 Å². The van der Waals surface area contributed by atoms with E-state index < -0.39 is 17.8 Å². The third kappa shape index (κ3) is 5.09. The molecule has 182 valence electrons. The Kier molecular flexibility index (Phi) is 6.65. The number of alkyl halides is 3. The Morgan fingerprint density at radius 3 is 2.50 bits per heavy atom. The van der Waals surface area contributed by atoms with Gasteiger partial charge in [-0.15, -0.1) is 0 Å². The lowest BCUT2D eigenvalue weighted by molar-refractivity contribution is -0.137. The maximum Gasteiger partial charge on any atom is 0.416 e. The van der Waals surface area contributed by atoms with Gasteiger partial charge in [-0.3, -0.25) is 0 Å². The molecular weight excluding hydrogens is 447 g/mol. The lowest BCUT2D eigenvalue weighted by atomic mass is 10.0. The minimum absolute atomic E-state index is 0.0405. The molecule has 1 atom stereocenters. The number of benzene rings is 1. The molecular formula is C23H28F3N7O. The fourth-order valence-electron chi connectivity index (χ4n) is 4.06. The zero-order valence-electron chi connectivity index (χ0n) is 19.4. The van der Waals surface area contributed by atoms with Crippen LogP contribution in [0.4, 0.5) is 30.4 Å². The zero-order valence-corrected chi connectivity index (χ0v) is 19.4. The normalized spacial score (nSPS) is 16.0. The van der Waals surface area contributed by atoms with E-state index in [1.54, 1.807) is 13.1 Å². The highest BCUT2D eigenvalue weighted by Crippen LogP contribution is 2.34. The third-order valence-corrected chi connectivity index (χ3v) is 6.04. The number of aromatic nitrogens is 3. The first-order valence-corrected chi connectivity index (χ1v) is 11.1. The molecule has 3 heterocycles. The van der Waals surface area contributed by atoms with Crippen LogP contribution in [0.5, 0.6) is 6.01 Å². The van der Waals surface area contributed by atoms with Crippen molar-refractivity contribution in [3.05, 3.63) is 41.6 Å². The number of hydrogen-bond donors (Lipinski definition) is 2. The van der Waals surface area contributed by atoms with Crippen molar-refractivity contribution >= 4 is 28.2 Å². The number of rotatable bonds is 6. The van der Waals surface area contributed by atoms with Gasteiger partial charge in [0, 0.05) is 31.9 Å². The van der Waals surface area contributed by atoms with Crippen molar-refractivity contribution in [2.45, 2.75) is 26.1 Å². The van der Waals surface area contributed by atoms with Gasteiger partial charge < -0.3 is 25.6 Å². The minimum atomic E-state index is -4.49. The molecule has 11 heteroatoms. The Morgan fingerprint density at radius 2 is 1.85 bits per heavy atom. The van der Waals surface area contributed by atoms with Gasteiger partial charge in [0.15, 0.2) is 5.65 Å². The SMILES string of the molecule is CCN1CCN(c2cnc3nc(OC)nc(NC(C)c4cc(N)cc(C(F)(F)F)c4)c3c2)CC1. The molecule has 0 saturated carbocycles. The summed E-state index contributed by atoms with van der Waals surface area (Å²) < 4.78 is 45.1. The standard InChI is InChI=1S/C23H28F3N7O/c1-4-32-5-7-33(8-6-32)18-12-19-20(28-13-18)30-22(34-3)31-21(19)29-14(2)15-9-16(23(24,25)26)11-17(27)10-15/h9-14H,4-8,27H2,1-3H3,(H,28,29,30,31). The summed E-state index contributed by atoms with van der Waals surface area (Å²) in [6.07, 6.45) is -2.72. The van der Waals surface area contributed by atoms with Gasteiger partial charge in [-0.05, 0) is 43.3 Å². The number of ether oxygens (including phenoxy) is 1. The van der Waals surface area contributed by atoms with Crippen LogP contribution in [0.3, 0.4) is 0 Å². The Labute approximate surface area is 195 Å². The van der Waals surface area contributed by atoms with Gasteiger partial charge in [-0.1, -0.05) is 6.92 Å². The monoisotopic (exact) mass is 475 g/mol. The molecule has 0 bridgehead atoms. The number of halogens is 3. The van der Waals surface area contributed by atoms with Crippen molar-refractivity contribution in [3.8, 4) is 6.01 Å². The largest absolute Gasteiger partial charge is 0.467 e. The van der Waals surface area contributed by atoms with Crippen LogP contribution in [-0.4, -0.2) is 59.7 Å². The van der Waals surface area contributed by atoms with Crippen LogP contribution in [0, 0.1) is 0 Å². The number of pyridine rings is 1. The zero-order chi connectivity index (χ0) is 24.5. The van der Waals surface area contributed by atoms with E-state index in [0.29, 0.717) is 22.4 Å². The number of hydrogen-bond acceptors (Lipinski definition) is 8. The Morgan fingerprint density at radius 1 is 1.12 bits per heavy atom. The van der Waals surface area contributed by atoms with Gasteiger partial charge in [0.05, 0.1) is 36.0 Å². The number of piperazine rings is 1. The number of nitrogens with one attached hydrogen (secondary N) is 1. The number of fused-ring (bicyclic) bond motifs is 1. The molecule has 3 N–H and O–H groups in total. The summed E-state index contributed by atoms with van der Waals surface area (Å²) in [6, 6.07) is 5.08. The second-order valence-electron chi connectivity index (χ2n) is 8.30. The van der Waals surface area contributed by atoms with Crippen molar-refractivity contribution < 1.29 is 17.9 Å². The van der Waals surface area contributed by atoms with Gasteiger partial charge in [-0.2, -0.15) is 23.1 Å². The van der Waals surface area contributed by atoms with Gasteiger partial charge in [0.1, 0.15) is 5.82 Å². The molecule has 0 spiro atoms. The fraction of sp³-hybridized carbons (Fsp3) is 0.435. The van der Waals surface area contributed by atoms with Gasteiger partial charge in [-0.25, -0.2) is 4.98 Å². The van der Waals surface area contributed by atoms with Gasteiger partial charge >= 0.3 is 12.2 Å². The van der Waals surface area contributed by atoms with Crippen molar-refractivity contribution in [2.24, 2.45) is 0 Å². The summed E-state index contributed by atoms with van der Waals surface area (Å²) in [7, 11) is 1.45. The van der Waals surface area contributed by atoms with E-state index in [-0.39, 0.29) is 11.7 Å². The molecule has 1 aromatic carbocycles. The number of likely N-dealkylation sites (N-methyl/N-ethyl adjacent to an activating group) is 1. The van der Waals surface area contributed by atoms with E-state index in [2.05, 4.69) is 37.0 Å². The lowest BCUT2D eigenvalue weighted by Gasteiger charge is -2.35. The van der Waals surface area contributed by atoms with E-state index in [1.165, 1.54) is 13.2 Å². The third-order valence-electron chi connectivity index (χ3n) is 6.04. The lowest BCUT2D eigenvalue weighted by Crippen LogP contribution is -2.46. The van der Waals surface area contributed by atoms with Crippen LogP contribution in [-0.2, 0) is 6.18 Å². The van der Waals surface area contributed by atoms with E-state index in [4.69, 9.17) is 10.5 Å². The van der Waals surface area contributed by atoms with Gasteiger partial charge in [0.2, 0.25) is 0 Å². The molecule has 3 aromatic rings. The van der Waals surface area contributed by atoms with Crippen molar-refractivity contribution in [1.29, 1.82) is 0 Å². The Balaban J connectivity index is 1.68. The predicted molar refractivity (Wildman–Crippen MR) is 126 cm³/mol. The summed E-state index contributed by atoms with van der Waals surface area (Å²) in [5.74, 6) is 0.423. The van der Waals surface area contributed by atoms with E-state index in [9.17, 15) is 13.2 Å². The minimum Gasteiger partial charge on any atom is -0.467 e. The van der Waals surface area contributed by atoms with E-state index in [1.807, 2.05) is 6.07 Å². The molecule has 1 aliphatic heterocycles. The van der Waals surface area contributed by atoms with Crippen molar-refractivity contribution in [2.75, 3.05) is 55.8 Å². The summed E-state index contributed by atoms with van der Waals surface area (Å²) in [5, 5.41) is 3.86. The van der Waals surface area contributed by atoms with Crippen LogP contribution >= 0.6 is 0 Å². The average Bonchev–Trinajstić information content (AvgIpc) is 2.82. The molecule has 1 saturated heterocycles. The summed E-state index contributed by atoms with van der Waals surface area (Å²) in [6.45, 7) is 8.59. The van der Waals surface area contributed by atoms with E-state index >= 15 is 0 Å². The van der Waals surface area contributed by atoms with E-state index in [0.717, 1.165) is 50.5 Å². The number of nitrogens with two attached hydrogens (primary N) is 1. The molecule has 4 rings (SSSR count). The molecule has 0 radical (unpaired) electrons. The maximum atomic E-state index is 13.3. The molecule has 2 aromatic heterocycles. The highest BCUT2D eigenvalue weighted by molar-refractivity contribution is 5.89. The molecule has 0 amide bonds. The quantitative estimate of drug-likeness (QED) is 0.518. The van der Waals surface area contributed by atoms with Crippen molar-refractivity contribution in [3.63, 3.8) is 0 Å². The molecule has 1 unspecified atom stereocenters. The van der Waals surface area contributed by atoms with Crippen LogP contribution in [0.25, 0.3) is 11.0 Å². The molecule has 0 aliphatic carbocycles. The van der Waals surface area contributed by atoms with Crippen LogP contribution in [0.1, 0.15) is 31.0 Å². The van der Waals surface area contributed by atoms with Gasteiger partial charge in [0.25, 0.3) is 0 Å². The van der Waals surface area contributed by atoms with Crippen molar-refractivity contribution in [1.82, 2.24) is 19.9 Å². The molecule has 34 heavy (non-hydrogen) atoms. The van der Waals surface area contributed by atoms with Crippen LogP contribution in [0.15, 0.2) is 30.5 Å². The summed E-state index contributed by atoms with van der Waals surface area (Å²) in [4.78, 5) is 17.9. The summed E-state index contributed by atoms with van der Waals surface area (Å²) >= 11 is 0. The predicted octanol–water partition coefficient (Wildman–Crippen LogP) is 3.95. The smallest absolute Gasteiger partial charge is 0.416 e. The second kappa shape index (κ2) is 9.49. The topological polar surface area (TPSA) is 92.4 Å². The number of nitrogens with zero attached hydrogens (tertiary/aromatic N) is 5. The highest BCUT2D eigenvalue weighted by Gasteiger charge is 2.31. The number of anilines is 3. The molecule has 1 fully saturated rings. The second-order valence-corrected chi connectivity index (χ2v) is 8.30. The Hall–Kier alpha value is -3.34. The average molecular weight is 476 g/mol. The fourth-order valence-corrected chi connectivity index (χ4v) is 4.06. The van der Waals surface area contributed by atoms with Crippen LogP contribution in [0.2, 0.25) is 0 Å². The maximum absolute atomic E-state index is 13.3. The summed E-state index contributed by atoms with van der Waals surface area (Å²) in [5.41, 5.74) is 6.76. The highest BCUT2D eigenvalue weighted by atomic mass is 19.4. The first kappa shape index (κ1) is 23.8.